The van der Waals surface area contributed by atoms with E-state index in [4.69, 9.17) is 11.6 Å². The normalized spacial score (nSPS) is 28.7. The molecule has 1 fully saturated rings. The van der Waals surface area contributed by atoms with Gasteiger partial charge in [-0.3, -0.25) is 4.98 Å². The molecule has 0 amide bonds. The molecule has 1 saturated heterocycles. The molecule has 2 nitrogen and oxygen atoms in total. The molecule has 2 heterocycles. The fraction of sp³-hybridized carbons (Fsp3) is 0.462. The molecule has 16 heavy (non-hydrogen) atoms. The van der Waals surface area contributed by atoms with Crippen LogP contribution in [0.2, 0.25) is 5.02 Å². The molecule has 2 atom stereocenters. The molecular formula is C13H15ClN2. The highest BCUT2D eigenvalue weighted by molar-refractivity contribution is 6.30. The highest BCUT2D eigenvalue weighted by Gasteiger charge is 2.29. The Morgan fingerprint density at radius 2 is 2.31 bits per heavy atom. The fourth-order valence-electron chi connectivity index (χ4n) is 2.77. The van der Waals surface area contributed by atoms with Gasteiger partial charge in [0.15, 0.2) is 0 Å². The van der Waals surface area contributed by atoms with Crippen molar-refractivity contribution in [2.24, 2.45) is 5.92 Å². The number of aromatic nitrogens is 1. The average molecular weight is 235 g/mol. The molecule has 0 bridgehead atoms. The summed E-state index contributed by atoms with van der Waals surface area (Å²) in [4.78, 5) is 4.15. The van der Waals surface area contributed by atoms with Crippen LogP contribution in [0.1, 0.15) is 24.8 Å². The lowest BCUT2D eigenvalue weighted by Gasteiger charge is -2.25. The van der Waals surface area contributed by atoms with Crippen molar-refractivity contribution in [1.29, 1.82) is 0 Å². The van der Waals surface area contributed by atoms with Gasteiger partial charge in [0.2, 0.25) is 0 Å². The Bertz CT molecular complexity index is 428. The van der Waals surface area contributed by atoms with E-state index in [0.717, 1.165) is 18.0 Å². The molecule has 3 rings (SSSR count). The first-order chi connectivity index (χ1) is 7.83. The Morgan fingerprint density at radius 1 is 1.38 bits per heavy atom. The van der Waals surface area contributed by atoms with Crippen molar-refractivity contribution in [3.8, 4) is 0 Å². The molecule has 0 radical (unpaired) electrons. The van der Waals surface area contributed by atoms with E-state index in [-0.39, 0.29) is 0 Å². The van der Waals surface area contributed by atoms with Gasteiger partial charge in [0.05, 0.1) is 5.02 Å². The summed E-state index contributed by atoms with van der Waals surface area (Å²) in [5.41, 5.74) is 2.59. The second-order valence-corrected chi connectivity index (χ2v) is 5.09. The summed E-state index contributed by atoms with van der Waals surface area (Å²) >= 11 is 5.97. The third-order valence-corrected chi connectivity index (χ3v) is 3.78. The maximum atomic E-state index is 5.97. The molecule has 1 aliphatic heterocycles. The number of fused-ring (bicyclic) bond motifs is 1. The number of nitrogens with zero attached hydrogens (tertiary/aromatic N) is 1. The number of rotatable bonds is 1. The molecule has 1 aliphatic carbocycles. The van der Waals surface area contributed by atoms with Crippen molar-refractivity contribution in [3.63, 3.8) is 0 Å². The van der Waals surface area contributed by atoms with E-state index in [1.807, 2.05) is 12.3 Å². The molecule has 0 aromatic carbocycles. The number of piperidine rings is 1. The first-order valence-corrected chi connectivity index (χ1v) is 6.26. The lowest BCUT2D eigenvalue weighted by atomic mass is 9.94. The van der Waals surface area contributed by atoms with Crippen LogP contribution >= 0.6 is 11.6 Å². The van der Waals surface area contributed by atoms with Crippen LogP contribution in [-0.4, -0.2) is 17.6 Å². The van der Waals surface area contributed by atoms with Gasteiger partial charge in [-0.1, -0.05) is 17.7 Å². The molecule has 2 aliphatic rings. The molecule has 1 aromatic heterocycles. The van der Waals surface area contributed by atoms with Crippen molar-refractivity contribution in [2.75, 3.05) is 6.54 Å². The predicted molar refractivity (Wildman–Crippen MR) is 66.4 cm³/mol. The van der Waals surface area contributed by atoms with E-state index < -0.39 is 0 Å². The third kappa shape index (κ3) is 1.87. The lowest BCUT2D eigenvalue weighted by molar-refractivity contribution is 0.348. The Hall–Kier alpha value is -0.860. The van der Waals surface area contributed by atoms with E-state index in [1.54, 1.807) is 6.20 Å². The van der Waals surface area contributed by atoms with Gasteiger partial charge in [-0.15, -0.1) is 0 Å². The SMILES string of the molecule is Clc1cncc(C2=CC3CCCNC3C2)c1. The van der Waals surface area contributed by atoms with Crippen molar-refractivity contribution >= 4 is 17.2 Å². The van der Waals surface area contributed by atoms with Crippen molar-refractivity contribution in [2.45, 2.75) is 25.3 Å². The predicted octanol–water partition coefficient (Wildman–Crippen LogP) is 2.89. The molecule has 2 unspecified atom stereocenters. The van der Waals surface area contributed by atoms with Gasteiger partial charge >= 0.3 is 0 Å². The van der Waals surface area contributed by atoms with Gasteiger partial charge < -0.3 is 5.32 Å². The van der Waals surface area contributed by atoms with Crippen LogP contribution in [0.4, 0.5) is 0 Å². The van der Waals surface area contributed by atoms with E-state index in [2.05, 4.69) is 16.4 Å². The summed E-state index contributed by atoms with van der Waals surface area (Å²) in [6.07, 6.45) is 9.73. The second-order valence-electron chi connectivity index (χ2n) is 4.65. The smallest absolute Gasteiger partial charge is 0.0595 e. The number of halogens is 1. The Kier molecular flexibility index (Phi) is 2.70. The summed E-state index contributed by atoms with van der Waals surface area (Å²) in [5, 5.41) is 4.31. The molecule has 3 heteroatoms. The van der Waals surface area contributed by atoms with Crippen molar-refractivity contribution in [1.82, 2.24) is 10.3 Å². The van der Waals surface area contributed by atoms with E-state index in [9.17, 15) is 0 Å². The summed E-state index contributed by atoms with van der Waals surface area (Å²) < 4.78 is 0. The van der Waals surface area contributed by atoms with Crippen LogP contribution in [0.5, 0.6) is 0 Å². The largest absolute Gasteiger partial charge is 0.313 e. The average Bonchev–Trinajstić information content (AvgIpc) is 2.72. The Labute approximate surface area is 101 Å². The van der Waals surface area contributed by atoms with Crippen LogP contribution in [0.15, 0.2) is 24.5 Å². The monoisotopic (exact) mass is 234 g/mol. The summed E-state index contributed by atoms with van der Waals surface area (Å²) in [6.45, 7) is 1.16. The summed E-state index contributed by atoms with van der Waals surface area (Å²) in [6, 6.07) is 2.65. The maximum absolute atomic E-state index is 5.97. The summed E-state index contributed by atoms with van der Waals surface area (Å²) in [7, 11) is 0. The van der Waals surface area contributed by atoms with E-state index in [1.165, 1.54) is 24.0 Å². The summed E-state index contributed by atoms with van der Waals surface area (Å²) in [5.74, 6) is 0.711. The van der Waals surface area contributed by atoms with Crippen LogP contribution in [-0.2, 0) is 0 Å². The zero-order valence-corrected chi connectivity index (χ0v) is 9.87. The first-order valence-electron chi connectivity index (χ1n) is 5.88. The fourth-order valence-corrected chi connectivity index (χ4v) is 2.94. The van der Waals surface area contributed by atoms with Crippen LogP contribution in [0.25, 0.3) is 5.57 Å². The quantitative estimate of drug-likeness (QED) is 0.808. The van der Waals surface area contributed by atoms with Gasteiger partial charge in [0.25, 0.3) is 0 Å². The van der Waals surface area contributed by atoms with Gasteiger partial charge in [-0.2, -0.15) is 0 Å². The van der Waals surface area contributed by atoms with Gasteiger partial charge in [0.1, 0.15) is 0 Å². The second kappa shape index (κ2) is 4.19. The van der Waals surface area contributed by atoms with Gasteiger partial charge in [-0.25, -0.2) is 0 Å². The number of pyridine rings is 1. The maximum Gasteiger partial charge on any atom is 0.0595 e. The topological polar surface area (TPSA) is 24.9 Å². The third-order valence-electron chi connectivity index (χ3n) is 3.57. The number of hydrogen-bond acceptors (Lipinski definition) is 2. The molecule has 0 saturated carbocycles. The standard InChI is InChI=1S/C13H15ClN2/c14-12-5-11(7-15-8-12)10-4-9-2-1-3-16-13(9)6-10/h4-5,7-9,13,16H,1-3,6H2. The molecule has 1 N–H and O–H groups in total. The zero-order chi connectivity index (χ0) is 11.0. The van der Waals surface area contributed by atoms with E-state index in [0.29, 0.717) is 12.0 Å². The minimum absolute atomic E-state index is 0.641. The van der Waals surface area contributed by atoms with Crippen LogP contribution < -0.4 is 5.32 Å². The minimum Gasteiger partial charge on any atom is -0.313 e. The highest BCUT2D eigenvalue weighted by atomic mass is 35.5. The lowest BCUT2D eigenvalue weighted by Crippen LogP contribution is -2.37. The van der Waals surface area contributed by atoms with Crippen LogP contribution in [0.3, 0.4) is 0 Å². The zero-order valence-electron chi connectivity index (χ0n) is 9.12. The molecule has 84 valence electrons. The first kappa shape index (κ1) is 10.3. The van der Waals surface area contributed by atoms with Crippen molar-refractivity contribution in [3.05, 3.63) is 35.1 Å². The van der Waals surface area contributed by atoms with Crippen molar-refractivity contribution < 1.29 is 0 Å². The van der Waals surface area contributed by atoms with Gasteiger partial charge in [-0.05, 0) is 48.9 Å². The number of hydrogen-bond donors (Lipinski definition) is 1. The minimum atomic E-state index is 0.641. The number of nitrogens with one attached hydrogen (secondary N) is 1. The van der Waals surface area contributed by atoms with Gasteiger partial charge in [0, 0.05) is 18.4 Å². The molecular weight excluding hydrogens is 220 g/mol. The Morgan fingerprint density at radius 3 is 3.12 bits per heavy atom. The molecule has 0 spiro atoms. The van der Waals surface area contributed by atoms with E-state index >= 15 is 0 Å². The highest BCUT2D eigenvalue weighted by Crippen LogP contribution is 2.36. The van der Waals surface area contributed by atoms with Crippen LogP contribution in [0, 0.1) is 5.92 Å². The molecule has 1 aromatic rings. The Balaban J connectivity index is 1.86.